The smallest absolute Gasteiger partial charge is 0.248 e. The highest BCUT2D eigenvalue weighted by Gasteiger charge is 2.26. The lowest BCUT2D eigenvalue weighted by atomic mass is 9.93. The number of halogens is 1. The summed E-state index contributed by atoms with van der Waals surface area (Å²) >= 11 is 3.56. The summed E-state index contributed by atoms with van der Waals surface area (Å²) in [6, 6.07) is 6.02. The Balaban J connectivity index is 1.43. The van der Waals surface area contributed by atoms with Crippen LogP contribution in [0.15, 0.2) is 41.3 Å². The van der Waals surface area contributed by atoms with E-state index in [-0.39, 0.29) is 18.4 Å². The molecule has 1 N–H and O–H groups in total. The summed E-state index contributed by atoms with van der Waals surface area (Å²) in [6.07, 6.45) is 7.09. The van der Waals surface area contributed by atoms with Crippen molar-refractivity contribution < 1.29 is 14.3 Å². The molecule has 0 spiro atoms. The Bertz CT molecular complexity index is 1040. The van der Waals surface area contributed by atoms with Gasteiger partial charge in [-0.15, -0.1) is 0 Å². The van der Waals surface area contributed by atoms with Crippen molar-refractivity contribution in [2.75, 3.05) is 45.3 Å². The van der Waals surface area contributed by atoms with Gasteiger partial charge < -0.3 is 19.7 Å². The van der Waals surface area contributed by atoms with Crippen molar-refractivity contribution in [1.82, 2.24) is 24.5 Å². The van der Waals surface area contributed by atoms with Crippen LogP contribution in [0.5, 0.6) is 0 Å². The van der Waals surface area contributed by atoms with Crippen molar-refractivity contribution >= 4 is 33.3 Å². The molecule has 0 bridgehead atoms. The highest BCUT2D eigenvalue weighted by molar-refractivity contribution is 9.10. The number of rotatable bonds is 9. The van der Waals surface area contributed by atoms with Crippen molar-refractivity contribution in [1.29, 1.82) is 0 Å². The molecule has 1 fully saturated rings. The van der Waals surface area contributed by atoms with Gasteiger partial charge in [0.2, 0.25) is 5.91 Å². The molecule has 3 aromatic rings. The minimum Gasteiger partial charge on any atom is -0.382 e. The predicted molar refractivity (Wildman–Crippen MR) is 124 cm³/mol. The fraction of sp³-hybridized carbons (Fsp3) is 0.455. The van der Waals surface area contributed by atoms with E-state index >= 15 is 0 Å². The number of carbonyl (C=O) groups is 1. The first-order chi connectivity index (χ1) is 15.7. The summed E-state index contributed by atoms with van der Waals surface area (Å²) in [7, 11) is 1.61. The molecule has 3 aromatic heterocycles. The molecule has 32 heavy (non-hydrogen) atoms. The van der Waals surface area contributed by atoms with Gasteiger partial charge in [0.25, 0.3) is 0 Å². The fourth-order valence-electron chi connectivity index (χ4n) is 3.80. The van der Waals surface area contributed by atoms with Crippen LogP contribution in [-0.4, -0.2) is 70.4 Å². The Morgan fingerprint density at radius 1 is 1.28 bits per heavy atom. The number of piperidine rings is 1. The number of methoxy groups -OCH3 is 1. The molecular weight excluding hydrogens is 476 g/mol. The maximum atomic E-state index is 12.4. The molecule has 1 saturated heterocycles. The van der Waals surface area contributed by atoms with Crippen molar-refractivity contribution in [3.8, 4) is 0 Å². The van der Waals surface area contributed by atoms with Crippen LogP contribution in [0.1, 0.15) is 30.0 Å². The zero-order valence-corrected chi connectivity index (χ0v) is 19.6. The number of hydrogen-bond acceptors (Lipinski definition) is 7. The monoisotopic (exact) mass is 502 g/mol. The molecule has 170 valence electrons. The second-order valence-corrected chi connectivity index (χ2v) is 8.56. The van der Waals surface area contributed by atoms with Gasteiger partial charge in [0, 0.05) is 56.8 Å². The van der Waals surface area contributed by atoms with Gasteiger partial charge in [-0.05, 0) is 40.4 Å². The third kappa shape index (κ3) is 5.43. The fourth-order valence-corrected chi connectivity index (χ4v) is 4.15. The van der Waals surface area contributed by atoms with Crippen molar-refractivity contribution in [2.24, 2.45) is 0 Å². The minimum atomic E-state index is 0.0281. The molecule has 0 aromatic carbocycles. The molecule has 0 saturated carbocycles. The molecule has 0 radical (unpaired) electrons. The van der Waals surface area contributed by atoms with E-state index in [4.69, 9.17) is 14.5 Å². The van der Waals surface area contributed by atoms with Crippen molar-refractivity contribution in [3.05, 3.63) is 52.5 Å². The van der Waals surface area contributed by atoms with Crippen molar-refractivity contribution in [2.45, 2.75) is 25.3 Å². The summed E-state index contributed by atoms with van der Waals surface area (Å²) in [5.74, 6) is 1.18. The van der Waals surface area contributed by atoms with E-state index in [0.29, 0.717) is 32.8 Å². The molecular formula is C22H27BrN6O3. The number of ether oxygens (including phenoxy) is 2. The first-order valence-corrected chi connectivity index (χ1v) is 11.5. The standard InChI is InChI=1S/C22H27BrN6O3/c1-31-9-10-32-15-21(30)28-7-4-17(5-8-28)19-11-20(25-13-16-3-2-6-24-12-16)29-22(27-19)18(23)14-26-29/h2-3,6,11-12,14,17,25H,4-5,7-10,13,15H2,1H3. The molecule has 0 aliphatic carbocycles. The Hall–Kier alpha value is -2.56. The summed E-state index contributed by atoms with van der Waals surface area (Å²) in [6.45, 7) is 3.05. The van der Waals surface area contributed by atoms with Gasteiger partial charge in [0.1, 0.15) is 12.4 Å². The van der Waals surface area contributed by atoms with Gasteiger partial charge in [0.05, 0.1) is 23.9 Å². The number of pyridine rings is 1. The van der Waals surface area contributed by atoms with Gasteiger partial charge in [-0.3, -0.25) is 9.78 Å². The Kier molecular flexibility index (Phi) is 7.67. The quantitative estimate of drug-likeness (QED) is 0.449. The van der Waals surface area contributed by atoms with E-state index in [1.54, 1.807) is 24.0 Å². The zero-order valence-electron chi connectivity index (χ0n) is 18.0. The molecule has 4 rings (SSSR count). The van der Waals surface area contributed by atoms with Crippen LogP contribution in [0.2, 0.25) is 0 Å². The number of nitrogens with one attached hydrogen (secondary N) is 1. The van der Waals surface area contributed by atoms with E-state index in [1.165, 1.54) is 0 Å². The van der Waals surface area contributed by atoms with E-state index in [1.807, 2.05) is 23.2 Å². The largest absolute Gasteiger partial charge is 0.382 e. The lowest BCUT2D eigenvalue weighted by molar-refractivity contribution is -0.137. The minimum absolute atomic E-state index is 0.0281. The third-order valence-corrected chi connectivity index (χ3v) is 6.13. The molecule has 0 unspecified atom stereocenters. The van der Waals surface area contributed by atoms with Crippen LogP contribution in [-0.2, 0) is 20.8 Å². The lowest BCUT2D eigenvalue weighted by Crippen LogP contribution is -2.40. The van der Waals surface area contributed by atoms with E-state index < -0.39 is 0 Å². The summed E-state index contributed by atoms with van der Waals surface area (Å²) in [5, 5.41) is 7.91. The highest BCUT2D eigenvalue weighted by Crippen LogP contribution is 2.30. The zero-order chi connectivity index (χ0) is 22.3. The van der Waals surface area contributed by atoms with Crippen LogP contribution in [0.4, 0.5) is 5.82 Å². The average Bonchev–Trinajstić information content (AvgIpc) is 3.21. The first-order valence-electron chi connectivity index (χ1n) is 10.7. The molecule has 4 heterocycles. The number of nitrogens with zero attached hydrogens (tertiary/aromatic N) is 5. The number of carbonyl (C=O) groups excluding carboxylic acids is 1. The maximum absolute atomic E-state index is 12.4. The number of hydrogen-bond donors (Lipinski definition) is 1. The van der Waals surface area contributed by atoms with Crippen LogP contribution >= 0.6 is 15.9 Å². The Labute approximate surface area is 195 Å². The lowest BCUT2D eigenvalue weighted by Gasteiger charge is -2.32. The topological polar surface area (TPSA) is 93.9 Å². The molecule has 1 aliphatic heterocycles. The van der Waals surface area contributed by atoms with Gasteiger partial charge in [-0.25, -0.2) is 4.98 Å². The van der Waals surface area contributed by atoms with Gasteiger partial charge in [0.15, 0.2) is 5.65 Å². The first kappa shape index (κ1) is 22.6. The molecule has 1 aliphatic rings. The van der Waals surface area contributed by atoms with E-state index in [0.717, 1.165) is 40.0 Å². The molecule has 0 atom stereocenters. The van der Waals surface area contributed by atoms with Crippen LogP contribution < -0.4 is 5.32 Å². The van der Waals surface area contributed by atoms with E-state index in [9.17, 15) is 4.79 Å². The summed E-state index contributed by atoms with van der Waals surface area (Å²) < 4.78 is 13.0. The number of anilines is 1. The summed E-state index contributed by atoms with van der Waals surface area (Å²) in [5.41, 5.74) is 2.88. The molecule has 10 heteroatoms. The predicted octanol–water partition coefficient (Wildman–Crippen LogP) is 2.87. The Morgan fingerprint density at radius 3 is 2.88 bits per heavy atom. The van der Waals surface area contributed by atoms with Crippen LogP contribution in [0.3, 0.4) is 0 Å². The van der Waals surface area contributed by atoms with Gasteiger partial charge >= 0.3 is 0 Å². The number of aromatic nitrogens is 4. The maximum Gasteiger partial charge on any atom is 0.248 e. The number of likely N-dealkylation sites (tertiary alicyclic amines) is 1. The summed E-state index contributed by atoms with van der Waals surface area (Å²) in [4.78, 5) is 23.3. The van der Waals surface area contributed by atoms with Crippen LogP contribution in [0.25, 0.3) is 5.65 Å². The molecule has 9 nitrogen and oxygen atoms in total. The second kappa shape index (κ2) is 10.8. The Morgan fingerprint density at radius 2 is 2.12 bits per heavy atom. The van der Waals surface area contributed by atoms with Gasteiger partial charge in [-0.1, -0.05) is 6.07 Å². The molecule has 1 amide bonds. The van der Waals surface area contributed by atoms with E-state index in [2.05, 4.69) is 37.4 Å². The number of amides is 1. The van der Waals surface area contributed by atoms with Crippen LogP contribution in [0, 0.1) is 0 Å². The normalized spacial score (nSPS) is 14.8. The number of fused-ring (bicyclic) bond motifs is 1. The van der Waals surface area contributed by atoms with Crippen molar-refractivity contribution in [3.63, 3.8) is 0 Å². The SMILES string of the molecule is COCCOCC(=O)N1CCC(c2cc(NCc3cccnc3)n3ncc(Br)c3n2)CC1. The van der Waals surface area contributed by atoms with Gasteiger partial charge in [-0.2, -0.15) is 9.61 Å². The highest BCUT2D eigenvalue weighted by atomic mass is 79.9. The second-order valence-electron chi connectivity index (χ2n) is 7.71. The third-order valence-electron chi connectivity index (χ3n) is 5.57. The average molecular weight is 503 g/mol.